The van der Waals surface area contributed by atoms with Crippen LogP contribution in [0.25, 0.3) is 22.1 Å². The minimum atomic E-state index is -0.804. The van der Waals surface area contributed by atoms with Crippen LogP contribution in [0.1, 0.15) is 37.6 Å². The van der Waals surface area contributed by atoms with Crippen LogP contribution in [0.5, 0.6) is 11.6 Å². The Morgan fingerprint density at radius 1 is 1.07 bits per heavy atom. The van der Waals surface area contributed by atoms with Gasteiger partial charge in [-0.3, -0.25) is 4.57 Å². The molecule has 2 aromatic carbocycles. The van der Waals surface area contributed by atoms with E-state index >= 15 is 0 Å². The molecule has 3 atom stereocenters. The zero-order valence-corrected chi connectivity index (χ0v) is 24.4. The highest BCUT2D eigenvalue weighted by Crippen LogP contribution is 2.33. The molecule has 3 unspecified atom stereocenters. The highest BCUT2D eigenvalue weighted by atomic mass is 16.5. The van der Waals surface area contributed by atoms with Crippen LogP contribution >= 0.6 is 0 Å². The minimum Gasteiger partial charge on any atom is -0.489 e. The Morgan fingerprint density at radius 2 is 1.86 bits per heavy atom. The fourth-order valence-electron chi connectivity index (χ4n) is 5.39. The molecule has 44 heavy (non-hydrogen) atoms. The summed E-state index contributed by atoms with van der Waals surface area (Å²) in [6.07, 6.45) is -0.246. The molecule has 0 aliphatic carbocycles. The van der Waals surface area contributed by atoms with Crippen LogP contribution in [-0.4, -0.2) is 61.6 Å². The van der Waals surface area contributed by atoms with Crippen LogP contribution in [0.15, 0.2) is 64.1 Å². The molecule has 0 saturated carbocycles. The lowest BCUT2D eigenvalue weighted by molar-refractivity contribution is -0.0432. The van der Waals surface area contributed by atoms with Gasteiger partial charge in [0, 0.05) is 48.3 Å². The number of fused-ring (bicyclic) bond motifs is 2. The average molecular weight is 603 g/mol. The van der Waals surface area contributed by atoms with Crippen LogP contribution in [-0.2, 0) is 18.0 Å². The number of hydrogen-bond donors (Lipinski definition) is 3. The Hall–Kier alpha value is -4.72. The number of nitrogens with zero attached hydrogens (tertiary/aromatic N) is 5. The average Bonchev–Trinajstić information content (AvgIpc) is 3.62. The summed E-state index contributed by atoms with van der Waals surface area (Å²) in [5.74, 6) is 0.840. The molecule has 0 amide bonds. The second-order valence-corrected chi connectivity index (χ2v) is 10.5. The number of imidazole rings is 1. The fourth-order valence-corrected chi connectivity index (χ4v) is 5.39. The number of aliphatic hydroxyl groups is 2. The van der Waals surface area contributed by atoms with Crippen LogP contribution in [0.4, 0.5) is 11.6 Å². The maximum atomic E-state index is 12.3. The van der Waals surface area contributed by atoms with Gasteiger partial charge in [-0.05, 0) is 43.7 Å². The van der Waals surface area contributed by atoms with Gasteiger partial charge < -0.3 is 39.5 Å². The molecule has 0 radical (unpaired) electrons. The number of nitrogens with two attached hydrogens (primary N) is 1. The normalized spacial score (nSPS) is 18.2. The fraction of sp³-hybridized carbons (Fsp3) is 0.355. The predicted octanol–water partition coefficient (Wildman–Crippen LogP) is 3.16. The van der Waals surface area contributed by atoms with E-state index in [-0.39, 0.29) is 38.1 Å². The van der Waals surface area contributed by atoms with Gasteiger partial charge in [0.25, 0.3) is 0 Å². The van der Waals surface area contributed by atoms with Gasteiger partial charge in [-0.2, -0.15) is 9.97 Å². The minimum absolute atomic E-state index is 0.00185. The highest BCUT2D eigenvalue weighted by molar-refractivity contribution is 5.83. The molecule has 5 aromatic rings. The van der Waals surface area contributed by atoms with Crippen molar-refractivity contribution in [1.29, 1.82) is 0 Å². The van der Waals surface area contributed by atoms with Gasteiger partial charge in [-0.1, -0.05) is 12.1 Å². The SMILES string of the molecule is CCN(CC)c1ccc2c(COc3ccc(COc4nc(N)nc5c4ncn5C4CC(O)C(CO)O4)cc3)cc(=O)oc2c1. The largest absolute Gasteiger partial charge is 0.489 e. The lowest BCUT2D eigenvalue weighted by Crippen LogP contribution is -2.24. The molecule has 1 fully saturated rings. The molecule has 3 aromatic heterocycles. The number of aliphatic hydroxyl groups excluding tert-OH is 2. The van der Waals surface area contributed by atoms with E-state index in [4.69, 9.17) is 24.4 Å². The number of hydrogen-bond acceptors (Lipinski definition) is 12. The summed E-state index contributed by atoms with van der Waals surface area (Å²) < 4.78 is 24.9. The number of benzene rings is 2. The molecule has 4 heterocycles. The summed E-state index contributed by atoms with van der Waals surface area (Å²) in [4.78, 5) is 27.4. The summed E-state index contributed by atoms with van der Waals surface area (Å²) in [7, 11) is 0. The van der Waals surface area contributed by atoms with Crippen LogP contribution < -0.4 is 25.7 Å². The predicted molar refractivity (Wildman–Crippen MR) is 163 cm³/mol. The number of nitrogen functional groups attached to an aromatic ring is 1. The van der Waals surface area contributed by atoms with Crippen molar-refractivity contribution in [3.8, 4) is 11.6 Å². The van der Waals surface area contributed by atoms with Crippen molar-refractivity contribution in [3.63, 3.8) is 0 Å². The van der Waals surface area contributed by atoms with E-state index in [1.165, 1.54) is 12.4 Å². The molecular weight excluding hydrogens is 568 g/mol. The molecule has 1 aliphatic heterocycles. The molecule has 4 N–H and O–H groups in total. The van der Waals surface area contributed by atoms with E-state index in [2.05, 4.69) is 33.7 Å². The molecule has 0 spiro atoms. The smallest absolute Gasteiger partial charge is 0.336 e. The third-order valence-corrected chi connectivity index (χ3v) is 7.74. The van der Waals surface area contributed by atoms with Crippen molar-refractivity contribution in [2.45, 2.75) is 51.9 Å². The van der Waals surface area contributed by atoms with Gasteiger partial charge >= 0.3 is 5.63 Å². The first-order chi connectivity index (χ1) is 21.4. The maximum absolute atomic E-state index is 12.3. The van der Waals surface area contributed by atoms with Gasteiger partial charge in [-0.15, -0.1) is 0 Å². The van der Waals surface area contributed by atoms with Crippen LogP contribution in [0.3, 0.4) is 0 Å². The Bertz CT molecular complexity index is 1820. The molecular formula is C31H34N6O7. The van der Waals surface area contributed by atoms with Gasteiger partial charge in [-0.25, -0.2) is 9.78 Å². The molecule has 6 rings (SSSR count). The number of ether oxygens (including phenoxy) is 3. The Kier molecular flexibility index (Phi) is 8.33. The summed E-state index contributed by atoms with van der Waals surface area (Å²) >= 11 is 0. The lowest BCUT2D eigenvalue weighted by Gasteiger charge is -2.21. The van der Waals surface area contributed by atoms with Crippen molar-refractivity contribution in [2.75, 3.05) is 30.3 Å². The Labute approximate surface area is 252 Å². The highest BCUT2D eigenvalue weighted by Gasteiger charge is 2.35. The zero-order valence-electron chi connectivity index (χ0n) is 24.4. The van der Waals surface area contributed by atoms with Gasteiger partial charge in [0.1, 0.15) is 36.9 Å². The second kappa shape index (κ2) is 12.5. The second-order valence-electron chi connectivity index (χ2n) is 10.5. The van der Waals surface area contributed by atoms with E-state index in [0.717, 1.165) is 35.3 Å². The standard InChI is InChI=1S/C31H34N6O7/c1-3-36(4-2)20-7-10-22-19(11-27(40)44-24(22)12-20)16-41-21-8-5-18(6-9-21)15-42-30-28-29(34-31(32)35-30)37(17-33-28)26-13-23(39)25(14-38)43-26/h5-12,17,23,25-26,38-39H,3-4,13-16H2,1-2H3,(H2,32,34,35). The molecule has 230 valence electrons. The van der Waals surface area contributed by atoms with Crippen LogP contribution in [0.2, 0.25) is 0 Å². The maximum Gasteiger partial charge on any atom is 0.336 e. The molecule has 13 nitrogen and oxygen atoms in total. The Balaban J connectivity index is 1.12. The summed E-state index contributed by atoms with van der Waals surface area (Å²) in [6.45, 7) is 5.96. The number of rotatable bonds is 11. The van der Waals surface area contributed by atoms with Crippen molar-refractivity contribution in [1.82, 2.24) is 19.5 Å². The summed E-state index contributed by atoms with van der Waals surface area (Å²) in [5.41, 5.74) is 9.46. The molecule has 1 saturated heterocycles. The number of aromatic nitrogens is 4. The van der Waals surface area contributed by atoms with Crippen molar-refractivity contribution in [3.05, 3.63) is 76.4 Å². The molecule has 13 heteroatoms. The third-order valence-electron chi connectivity index (χ3n) is 7.74. The van der Waals surface area contributed by atoms with E-state index in [0.29, 0.717) is 22.5 Å². The number of anilines is 2. The van der Waals surface area contributed by atoms with Gasteiger partial charge in [0.15, 0.2) is 11.2 Å². The topological polar surface area (TPSA) is 171 Å². The molecule has 0 bridgehead atoms. The van der Waals surface area contributed by atoms with Crippen molar-refractivity contribution < 1.29 is 28.8 Å². The Morgan fingerprint density at radius 3 is 2.59 bits per heavy atom. The zero-order chi connectivity index (χ0) is 30.8. The van der Waals surface area contributed by atoms with E-state index in [1.54, 1.807) is 4.57 Å². The van der Waals surface area contributed by atoms with E-state index < -0.39 is 24.1 Å². The third kappa shape index (κ3) is 5.89. The first kappa shape index (κ1) is 29.4. The summed E-state index contributed by atoms with van der Waals surface area (Å²) in [5, 5.41) is 20.4. The van der Waals surface area contributed by atoms with E-state index in [1.807, 2.05) is 42.5 Å². The van der Waals surface area contributed by atoms with Gasteiger partial charge in [0.2, 0.25) is 11.8 Å². The quantitative estimate of drug-likeness (QED) is 0.189. The van der Waals surface area contributed by atoms with Gasteiger partial charge in [0.05, 0.1) is 19.0 Å². The summed E-state index contributed by atoms with van der Waals surface area (Å²) in [6, 6.07) is 14.7. The molecule has 1 aliphatic rings. The van der Waals surface area contributed by atoms with Crippen LogP contribution in [0, 0.1) is 0 Å². The lowest BCUT2D eigenvalue weighted by atomic mass is 10.1. The van der Waals surface area contributed by atoms with Crippen molar-refractivity contribution >= 4 is 33.8 Å². The first-order valence-corrected chi connectivity index (χ1v) is 14.5. The van der Waals surface area contributed by atoms with E-state index in [9.17, 15) is 15.0 Å². The first-order valence-electron chi connectivity index (χ1n) is 14.5. The van der Waals surface area contributed by atoms with Crippen molar-refractivity contribution in [2.24, 2.45) is 0 Å². The monoisotopic (exact) mass is 602 g/mol.